The number of hydrogen-bond acceptors (Lipinski definition) is 9. The lowest BCUT2D eigenvalue weighted by atomic mass is 9.93. The van der Waals surface area contributed by atoms with Crippen LogP contribution >= 0.6 is 11.3 Å². The first-order valence-corrected chi connectivity index (χ1v) is 16.3. The van der Waals surface area contributed by atoms with Gasteiger partial charge in [0.2, 0.25) is 0 Å². The van der Waals surface area contributed by atoms with E-state index in [0.717, 1.165) is 87.7 Å². The number of anilines is 2. The average molecular weight is 646 g/mol. The molecule has 2 aromatic carbocycles. The van der Waals surface area contributed by atoms with Gasteiger partial charge in [-0.15, -0.1) is 0 Å². The zero-order valence-corrected chi connectivity index (χ0v) is 25.2. The summed E-state index contributed by atoms with van der Waals surface area (Å²) in [6.45, 7) is 4.38. The summed E-state index contributed by atoms with van der Waals surface area (Å²) in [4.78, 5) is 17.6. The summed E-state index contributed by atoms with van der Waals surface area (Å²) in [5.41, 5.74) is 3.08. The number of thiazole rings is 1. The van der Waals surface area contributed by atoms with E-state index in [1.54, 1.807) is 0 Å². The Bertz CT molecular complexity index is 1800. The molecule has 0 aliphatic carbocycles. The number of hydrogen-bond donors (Lipinski definition) is 2. The van der Waals surface area contributed by atoms with E-state index in [9.17, 15) is 17.6 Å². The number of benzene rings is 2. The van der Waals surface area contributed by atoms with E-state index in [-0.39, 0.29) is 55.2 Å². The number of aromatic nitrogens is 3. The Kier molecular flexibility index (Phi) is 6.84. The van der Waals surface area contributed by atoms with Crippen LogP contribution in [0.1, 0.15) is 44.1 Å². The smallest absolute Gasteiger partial charge is 0.417 e. The molecular weight excluding hydrogens is 613 g/mol. The van der Waals surface area contributed by atoms with Crippen LogP contribution in [0.2, 0.25) is 0 Å². The van der Waals surface area contributed by atoms with Crippen molar-refractivity contribution in [2.24, 2.45) is 5.92 Å². The van der Waals surface area contributed by atoms with E-state index in [1.807, 2.05) is 4.90 Å². The maximum Gasteiger partial charge on any atom is 0.417 e. The SMILES string of the molecule is Nc1nc2c(-c3c(C(F)(F)F)cc4c(N5CC[C@@H]6CCNC[C@@H]65)nc(OCC56CCCN5CCC6)nc4c3F)ccc(F)c2s1. The lowest BCUT2D eigenvalue weighted by Crippen LogP contribution is -2.46. The zero-order valence-electron chi connectivity index (χ0n) is 24.4. The normalized spacial score (nSPS) is 23.3. The molecule has 2 aromatic heterocycles. The van der Waals surface area contributed by atoms with Crippen molar-refractivity contribution in [3.05, 3.63) is 35.4 Å². The van der Waals surface area contributed by atoms with E-state index in [1.165, 1.54) is 0 Å². The molecule has 4 saturated heterocycles. The second-order valence-corrected chi connectivity index (χ2v) is 13.7. The number of piperidine rings is 1. The van der Waals surface area contributed by atoms with E-state index in [2.05, 4.69) is 20.2 Å². The number of ether oxygens (including phenoxy) is 1. The summed E-state index contributed by atoms with van der Waals surface area (Å²) in [6, 6.07) is 2.98. The van der Waals surface area contributed by atoms with Crippen molar-refractivity contribution in [3.63, 3.8) is 0 Å². The molecule has 0 amide bonds. The van der Waals surface area contributed by atoms with Crippen LogP contribution in [0.3, 0.4) is 0 Å². The van der Waals surface area contributed by atoms with Gasteiger partial charge in [-0.3, -0.25) is 4.90 Å². The van der Waals surface area contributed by atoms with Gasteiger partial charge in [-0.1, -0.05) is 11.3 Å². The monoisotopic (exact) mass is 645 g/mol. The van der Waals surface area contributed by atoms with E-state index >= 15 is 4.39 Å². The van der Waals surface area contributed by atoms with Gasteiger partial charge < -0.3 is 20.7 Å². The number of nitrogens with zero attached hydrogens (tertiary/aromatic N) is 5. The highest BCUT2D eigenvalue weighted by Crippen LogP contribution is 2.47. The van der Waals surface area contributed by atoms with Crippen LogP contribution in [0.25, 0.3) is 32.2 Å². The number of alkyl halides is 3. The fourth-order valence-corrected chi connectivity index (χ4v) is 8.91. The van der Waals surface area contributed by atoms with Crippen molar-refractivity contribution in [2.75, 3.05) is 50.0 Å². The molecule has 4 aliphatic heterocycles. The molecule has 0 spiro atoms. The molecule has 14 heteroatoms. The molecule has 2 atom stereocenters. The molecule has 0 radical (unpaired) electrons. The van der Waals surface area contributed by atoms with Gasteiger partial charge in [0.25, 0.3) is 0 Å². The van der Waals surface area contributed by atoms with Crippen molar-refractivity contribution in [1.82, 2.24) is 25.2 Å². The molecule has 4 fully saturated rings. The first kappa shape index (κ1) is 29.1. The summed E-state index contributed by atoms with van der Waals surface area (Å²) in [7, 11) is 0. The second-order valence-electron chi connectivity index (χ2n) is 12.7. The summed E-state index contributed by atoms with van der Waals surface area (Å²) < 4.78 is 82.2. The fraction of sp³-hybridized carbons (Fsp3) is 0.516. The minimum Gasteiger partial charge on any atom is -0.461 e. The highest BCUT2D eigenvalue weighted by atomic mass is 32.1. The van der Waals surface area contributed by atoms with E-state index in [0.29, 0.717) is 25.6 Å². The third kappa shape index (κ3) is 4.70. The van der Waals surface area contributed by atoms with Crippen molar-refractivity contribution >= 4 is 43.4 Å². The number of halogens is 5. The number of nitrogen functional groups attached to an aromatic ring is 1. The Labute approximate surface area is 259 Å². The highest BCUT2D eigenvalue weighted by molar-refractivity contribution is 7.22. The maximum absolute atomic E-state index is 16.9. The number of rotatable bonds is 5. The average Bonchev–Trinajstić information content (AvgIpc) is 3.79. The topological polar surface area (TPSA) is 92.4 Å². The minimum absolute atomic E-state index is 0.00442. The van der Waals surface area contributed by atoms with Crippen molar-refractivity contribution in [3.8, 4) is 17.1 Å². The molecule has 45 heavy (non-hydrogen) atoms. The van der Waals surface area contributed by atoms with Crippen LogP contribution in [-0.2, 0) is 6.18 Å². The van der Waals surface area contributed by atoms with Crippen LogP contribution in [-0.4, -0.2) is 70.8 Å². The molecule has 238 valence electrons. The minimum atomic E-state index is -4.95. The molecule has 8 rings (SSSR count). The second kappa shape index (κ2) is 10.6. The molecule has 0 bridgehead atoms. The Balaban J connectivity index is 1.33. The molecule has 6 heterocycles. The van der Waals surface area contributed by atoms with Crippen molar-refractivity contribution in [2.45, 2.75) is 56.3 Å². The molecule has 3 N–H and O–H groups in total. The Morgan fingerprint density at radius 3 is 2.62 bits per heavy atom. The lowest BCUT2D eigenvalue weighted by molar-refractivity contribution is -0.137. The zero-order chi connectivity index (χ0) is 31.1. The summed E-state index contributed by atoms with van der Waals surface area (Å²) in [5.74, 6) is -1.31. The first-order valence-electron chi connectivity index (χ1n) is 15.4. The van der Waals surface area contributed by atoms with Gasteiger partial charge in [-0.2, -0.15) is 23.1 Å². The molecule has 0 unspecified atom stereocenters. The standard InChI is InChI=1S/C31H32F5N7OS/c32-20-4-3-17(25-26(20)45-28(37)39-25)22-19(31(34,35)36)13-18-24(23(22)33)40-29(44-15-30-7-1-10-42(30)11-2-8-30)41-27(18)43-12-6-16-5-9-38-14-21(16)43/h3-4,13,16,21,38H,1-2,5-12,14-15H2,(H2,37,39)/t16-,21-/m0/s1. The van der Waals surface area contributed by atoms with Crippen LogP contribution in [0.4, 0.5) is 32.9 Å². The van der Waals surface area contributed by atoms with Gasteiger partial charge in [0.1, 0.15) is 23.8 Å². The number of nitrogens with two attached hydrogens (primary N) is 1. The van der Waals surface area contributed by atoms with Crippen LogP contribution in [0.15, 0.2) is 18.2 Å². The predicted molar refractivity (Wildman–Crippen MR) is 162 cm³/mol. The highest BCUT2D eigenvalue weighted by Gasteiger charge is 2.45. The van der Waals surface area contributed by atoms with Gasteiger partial charge >= 0.3 is 12.2 Å². The summed E-state index contributed by atoms with van der Waals surface area (Å²) >= 11 is 0.794. The Hall–Kier alpha value is -3.36. The van der Waals surface area contributed by atoms with Gasteiger partial charge in [0.15, 0.2) is 10.9 Å². The van der Waals surface area contributed by atoms with E-state index in [4.69, 9.17) is 15.5 Å². The molecule has 4 aliphatic rings. The number of fused-ring (bicyclic) bond motifs is 4. The van der Waals surface area contributed by atoms with Crippen LogP contribution < -0.4 is 20.7 Å². The third-order valence-electron chi connectivity index (χ3n) is 10.3. The van der Waals surface area contributed by atoms with Gasteiger partial charge in [-0.05, 0) is 82.3 Å². The van der Waals surface area contributed by atoms with Crippen molar-refractivity contribution in [1.29, 1.82) is 0 Å². The third-order valence-corrected chi connectivity index (χ3v) is 11.2. The van der Waals surface area contributed by atoms with Gasteiger partial charge in [0, 0.05) is 35.6 Å². The fourth-order valence-electron chi connectivity index (χ4n) is 8.15. The largest absolute Gasteiger partial charge is 0.461 e. The Morgan fingerprint density at radius 1 is 1.04 bits per heavy atom. The van der Waals surface area contributed by atoms with Gasteiger partial charge in [0.05, 0.1) is 21.3 Å². The number of nitrogens with one attached hydrogen (secondary N) is 1. The molecular formula is C31H32F5N7OS. The molecule has 8 nitrogen and oxygen atoms in total. The Morgan fingerprint density at radius 2 is 1.84 bits per heavy atom. The lowest BCUT2D eigenvalue weighted by Gasteiger charge is -2.34. The quantitative estimate of drug-likeness (QED) is 0.256. The summed E-state index contributed by atoms with van der Waals surface area (Å²) in [6.07, 6.45) is 0.907. The van der Waals surface area contributed by atoms with Crippen molar-refractivity contribution < 1.29 is 26.7 Å². The van der Waals surface area contributed by atoms with Crippen LogP contribution in [0.5, 0.6) is 6.01 Å². The maximum atomic E-state index is 16.9. The summed E-state index contributed by atoms with van der Waals surface area (Å²) in [5, 5.41) is 3.30. The van der Waals surface area contributed by atoms with Crippen LogP contribution in [0, 0.1) is 17.6 Å². The first-order chi connectivity index (χ1) is 21.6. The molecule has 0 saturated carbocycles. The molecule has 4 aromatic rings. The van der Waals surface area contributed by atoms with E-state index < -0.39 is 28.9 Å². The van der Waals surface area contributed by atoms with Gasteiger partial charge in [-0.25, -0.2) is 13.8 Å². The predicted octanol–water partition coefficient (Wildman–Crippen LogP) is 5.98.